The molecule has 112 valence electrons. The van der Waals surface area contributed by atoms with Gasteiger partial charge in [0.05, 0.1) is 14.2 Å². The first kappa shape index (κ1) is 15.1. The molecule has 20 heavy (non-hydrogen) atoms. The van der Waals surface area contributed by atoms with Crippen molar-refractivity contribution < 1.29 is 9.47 Å². The zero-order chi connectivity index (χ0) is 14.5. The largest absolute Gasteiger partial charge is 0.493 e. The molecule has 1 aromatic rings. The van der Waals surface area contributed by atoms with Crippen molar-refractivity contribution in [3.63, 3.8) is 0 Å². The molecule has 0 spiro atoms. The highest BCUT2D eigenvalue weighted by atomic mass is 16.5. The van der Waals surface area contributed by atoms with E-state index in [0.717, 1.165) is 31.1 Å². The van der Waals surface area contributed by atoms with Crippen LogP contribution in [0.5, 0.6) is 11.5 Å². The SMILES string of the molecule is COc1ccc(CN2CCC(C(C)N)CC2)cc1OC. The lowest BCUT2D eigenvalue weighted by molar-refractivity contribution is 0.165. The molecule has 4 heteroatoms. The minimum absolute atomic E-state index is 0.318. The Morgan fingerprint density at radius 3 is 2.40 bits per heavy atom. The summed E-state index contributed by atoms with van der Waals surface area (Å²) in [5.41, 5.74) is 7.25. The molecule has 0 aromatic heterocycles. The molecule has 0 radical (unpaired) electrons. The van der Waals surface area contributed by atoms with E-state index < -0.39 is 0 Å². The van der Waals surface area contributed by atoms with Gasteiger partial charge in [0.1, 0.15) is 0 Å². The standard InChI is InChI=1S/C16H26N2O2/c1-12(17)14-6-8-18(9-7-14)11-13-4-5-15(19-2)16(10-13)20-3/h4-5,10,12,14H,6-9,11,17H2,1-3H3. The van der Waals surface area contributed by atoms with Gasteiger partial charge in [-0.3, -0.25) is 4.90 Å². The normalized spacial score (nSPS) is 18.8. The van der Waals surface area contributed by atoms with Gasteiger partial charge in [0.2, 0.25) is 0 Å². The van der Waals surface area contributed by atoms with E-state index in [4.69, 9.17) is 15.2 Å². The molecule has 1 heterocycles. The zero-order valence-electron chi connectivity index (χ0n) is 12.8. The molecule has 1 saturated heterocycles. The van der Waals surface area contributed by atoms with Gasteiger partial charge in [0, 0.05) is 12.6 Å². The summed E-state index contributed by atoms with van der Waals surface area (Å²) >= 11 is 0. The number of likely N-dealkylation sites (tertiary alicyclic amines) is 1. The maximum absolute atomic E-state index is 5.99. The number of rotatable bonds is 5. The predicted molar refractivity (Wildman–Crippen MR) is 81.2 cm³/mol. The van der Waals surface area contributed by atoms with Crippen LogP contribution < -0.4 is 15.2 Å². The third-order valence-corrected chi connectivity index (χ3v) is 4.23. The number of ether oxygens (including phenoxy) is 2. The number of benzene rings is 1. The molecule has 2 rings (SSSR count). The molecule has 1 aromatic carbocycles. The second-order valence-corrected chi connectivity index (χ2v) is 5.66. The first-order chi connectivity index (χ1) is 9.63. The van der Waals surface area contributed by atoms with Crippen LogP contribution in [-0.4, -0.2) is 38.3 Å². The highest BCUT2D eigenvalue weighted by Crippen LogP contribution is 2.29. The van der Waals surface area contributed by atoms with Gasteiger partial charge in [0.15, 0.2) is 11.5 Å². The van der Waals surface area contributed by atoms with Crippen LogP contribution in [0, 0.1) is 5.92 Å². The molecule has 0 aliphatic carbocycles. The Morgan fingerprint density at radius 1 is 1.20 bits per heavy atom. The Labute approximate surface area is 121 Å². The van der Waals surface area contributed by atoms with Crippen molar-refractivity contribution in [3.05, 3.63) is 23.8 Å². The summed E-state index contributed by atoms with van der Waals surface area (Å²) in [4.78, 5) is 2.49. The van der Waals surface area contributed by atoms with Crippen LogP contribution in [0.3, 0.4) is 0 Å². The summed E-state index contributed by atoms with van der Waals surface area (Å²) in [6.07, 6.45) is 2.40. The number of piperidine rings is 1. The fraction of sp³-hybridized carbons (Fsp3) is 0.625. The molecule has 4 nitrogen and oxygen atoms in total. The number of nitrogens with zero attached hydrogens (tertiary/aromatic N) is 1. The number of methoxy groups -OCH3 is 2. The van der Waals surface area contributed by atoms with E-state index in [1.54, 1.807) is 14.2 Å². The molecule has 1 aliphatic rings. The Kier molecular flexibility index (Phi) is 5.26. The molecule has 1 unspecified atom stereocenters. The Bertz CT molecular complexity index is 426. The molecule has 1 fully saturated rings. The van der Waals surface area contributed by atoms with E-state index in [0.29, 0.717) is 12.0 Å². The minimum atomic E-state index is 0.318. The summed E-state index contributed by atoms with van der Waals surface area (Å²) in [5.74, 6) is 2.26. The Hall–Kier alpha value is -1.26. The third-order valence-electron chi connectivity index (χ3n) is 4.23. The summed E-state index contributed by atoms with van der Waals surface area (Å²) < 4.78 is 10.6. The molecular weight excluding hydrogens is 252 g/mol. The van der Waals surface area contributed by atoms with Gasteiger partial charge >= 0.3 is 0 Å². The maximum Gasteiger partial charge on any atom is 0.161 e. The first-order valence-corrected chi connectivity index (χ1v) is 7.33. The highest BCUT2D eigenvalue weighted by molar-refractivity contribution is 5.42. The maximum atomic E-state index is 5.99. The van der Waals surface area contributed by atoms with Crippen LogP contribution in [0.2, 0.25) is 0 Å². The summed E-state index contributed by atoms with van der Waals surface area (Å²) in [7, 11) is 3.34. The van der Waals surface area contributed by atoms with E-state index in [9.17, 15) is 0 Å². The fourth-order valence-electron chi connectivity index (χ4n) is 2.87. The zero-order valence-corrected chi connectivity index (χ0v) is 12.8. The van der Waals surface area contributed by atoms with Crippen LogP contribution in [0.25, 0.3) is 0 Å². The van der Waals surface area contributed by atoms with Crippen molar-refractivity contribution in [2.45, 2.75) is 32.4 Å². The van der Waals surface area contributed by atoms with E-state index in [1.165, 1.54) is 18.4 Å². The van der Waals surface area contributed by atoms with Gasteiger partial charge in [-0.1, -0.05) is 6.07 Å². The monoisotopic (exact) mass is 278 g/mol. The van der Waals surface area contributed by atoms with Crippen molar-refractivity contribution in [1.82, 2.24) is 4.90 Å². The van der Waals surface area contributed by atoms with Crippen molar-refractivity contribution in [2.24, 2.45) is 11.7 Å². The van der Waals surface area contributed by atoms with E-state index in [1.807, 2.05) is 6.07 Å². The van der Waals surface area contributed by atoms with Gasteiger partial charge in [-0.2, -0.15) is 0 Å². The van der Waals surface area contributed by atoms with Crippen molar-refractivity contribution in [1.29, 1.82) is 0 Å². The van der Waals surface area contributed by atoms with Crippen molar-refractivity contribution >= 4 is 0 Å². The Morgan fingerprint density at radius 2 is 1.85 bits per heavy atom. The summed E-state index contributed by atoms with van der Waals surface area (Å²) in [6, 6.07) is 6.47. The van der Waals surface area contributed by atoms with Crippen LogP contribution in [0.15, 0.2) is 18.2 Å². The lowest BCUT2D eigenvalue weighted by Gasteiger charge is -2.33. The summed E-state index contributed by atoms with van der Waals surface area (Å²) in [6.45, 7) is 5.34. The second kappa shape index (κ2) is 6.95. The smallest absolute Gasteiger partial charge is 0.161 e. The molecular formula is C16H26N2O2. The molecule has 1 aliphatic heterocycles. The van der Waals surface area contributed by atoms with Crippen LogP contribution in [0.1, 0.15) is 25.3 Å². The average molecular weight is 278 g/mol. The van der Waals surface area contributed by atoms with E-state index >= 15 is 0 Å². The van der Waals surface area contributed by atoms with Gasteiger partial charge in [-0.05, 0) is 56.5 Å². The predicted octanol–water partition coefficient (Wildman–Crippen LogP) is 2.26. The van der Waals surface area contributed by atoms with Crippen molar-refractivity contribution in [2.75, 3.05) is 27.3 Å². The van der Waals surface area contributed by atoms with Crippen LogP contribution >= 0.6 is 0 Å². The second-order valence-electron chi connectivity index (χ2n) is 5.66. The number of hydrogen-bond acceptors (Lipinski definition) is 4. The first-order valence-electron chi connectivity index (χ1n) is 7.33. The molecule has 0 amide bonds. The van der Waals surface area contributed by atoms with Gasteiger partial charge < -0.3 is 15.2 Å². The van der Waals surface area contributed by atoms with Gasteiger partial charge in [0.25, 0.3) is 0 Å². The van der Waals surface area contributed by atoms with Gasteiger partial charge in [-0.15, -0.1) is 0 Å². The minimum Gasteiger partial charge on any atom is -0.493 e. The quantitative estimate of drug-likeness (QED) is 0.897. The Balaban J connectivity index is 1.94. The highest BCUT2D eigenvalue weighted by Gasteiger charge is 2.21. The molecule has 0 bridgehead atoms. The molecule has 0 saturated carbocycles. The van der Waals surface area contributed by atoms with Crippen LogP contribution in [-0.2, 0) is 6.54 Å². The van der Waals surface area contributed by atoms with Gasteiger partial charge in [-0.25, -0.2) is 0 Å². The van der Waals surface area contributed by atoms with E-state index in [-0.39, 0.29) is 0 Å². The summed E-state index contributed by atoms with van der Waals surface area (Å²) in [5, 5.41) is 0. The number of nitrogens with two attached hydrogens (primary N) is 1. The van der Waals surface area contributed by atoms with E-state index in [2.05, 4.69) is 24.0 Å². The lowest BCUT2D eigenvalue weighted by Crippen LogP contribution is -2.39. The fourth-order valence-corrected chi connectivity index (χ4v) is 2.87. The topological polar surface area (TPSA) is 47.7 Å². The lowest BCUT2D eigenvalue weighted by atomic mass is 9.91. The number of hydrogen-bond donors (Lipinski definition) is 1. The molecule has 1 atom stereocenters. The van der Waals surface area contributed by atoms with Crippen molar-refractivity contribution in [3.8, 4) is 11.5 Å². The van der Waals surface area contributed by atoms with Crippen LogP contribution in [0.4, 0.5) is 0 Å². The third kappa shape index (κ3) is 3.64. The molecule has 2 N–H and O–H groups in total. The average Bonchev–Trinajstić information content (AvgIpc) is 2.47.